The van der Waals surface area contributed by atoms with Gasteiger partial charge in [0.1, 0.15) is 0 Å². The Kier molecular flexibility index (Phi) is 4.49. The van der Waals surface area contributed by atoms with Crippen molar-refractivity contribution in [3.8, 4) is 0 Å². The predicted molar refractivity (Wildman–Crippen MR) is 59.9 cm³/mol. The SMILES string of the molecule is CCOC(=O)[C@@H](c1ccccc1)[S@](C)=O. The molecule has 1 aromatic carbocycles. The zero-order chi connectivity index (χ0) is 11.3. The number of hydrogen-bond donors (Lipinski definition) is 0. The molecular formula is C11H14O3S. The Bertz CT molecular complexity index is 348. The lowest BCUT2D eigenvalue weighted by molar-refractivity contribution is -0.142. The van der Waals surface area contributed by atoms with Crippen LogP contribution in [0, 0.1) is 0 Å². The Morgan fingerprint density at radius 3 is 2.47 bits per heavy atom. The Morgan fingerprint density at radius 2 is 2.00 bits per heavy atom. The van der Waals surface area contributed by atoms with Crippen LogP contribution >= 0.6 is 0 Å². The van der Waals surface area contributed by atoms with E-state index in [0.717, 1.165) is 5.56 Å². The number of rotatable bonds is 4. The molecule has 0 bridgehead atoms. The average molecular weight is 226 g/mol. The van der Waals surface area contributed by atoms with Gasteiger partial charge in [-0.3, -0.25) is 9.00 Å². The summed E-state index contributed by atoms with van der Waals surface area (Å²) in [6.45, 7) is 2.04. The summed E-state index contributed by atoms with van der Waals surface area (Å²) in [6, 6.07) is 9.04. The van der Waals surface area contributed by atoms with Crippen molar-refractivity contribution in [2.24, 2.45) is 0 Å². The number of esters is 1. The molecule has 0 saturated carbocycles. The molecule has 0 aliphatic rings. The minimum absolute atomic E-state index is 0.305. The molecule has 4 heteroatoms. The van der Waals surface area contributed by atoms with E-state index in [1.165, 1.54) is 6.26 Å². The van der Waals surface area contributed by atoms with Crippen molar-refractivity contribution in [2.75, 3.05) is 12.9 Å². The Morgan fingerprint density at radius 1 is 1.40 bits per heavy atom. The highest BCUT2D eigenvalue weighted by molar-refractivity contribution is 7.85. The number of carbonyl (C=O) groups is 1. The Balaban J connectivity index is 2.94. The van der Waals surface area contributed by atoms with E-state index in [4.69, 9.17) is 4.74 Å². The van der Waals surface area contributed by atoms with Gasteiger partial charge in [-0.05, 0) is 12.5 Å². The van der Waals surface area contributed by atoms with Crippen LogP contribution in [0.25, 0.3) is 0 Å². The molecule has 0 amide bonds. The van der Waals surface area contributed by atoms with Crippen LogP contribution < -0.4 is 0 Å². The predicted octanol–water partition coefficient (Wildman–Crippen LogP) is 1.67. The van der Waals surface area contributed by atoms with E-state index < -0.39 is 22.0 Å². The Labute approximate surface area is 91.9 Å². The van der Waals surface area contributed by atoms with Crippen molar-refractivity contribution in [3.63, 3.8) is 0 Å². The monoisotopic (exact) mass is 226 g/mol. The molecule has 0 saturated heterocycles. The third-order valence-corrected chi connectivity index (χ3v) is 3.06. The zero-order valence-corrected chi connectivity index (χ0v) is 9.62. The molecule has 2 atom stereocenters. The molecule has 3 nitrogen and oxygen atoms in total. The van der Waals surface area contributed by atoms with Crippen LogP contribution in [0.4, 0.5) is 0 Å². The highest BCUT2D eigenvalue weighted by Gasteiger charge is 2.25. The first kappa shape index (κ1) is 11.9. The molecule has 0 aromatic heterocycles. The van der Waals surface area contributed by atoms with Crippen molar-refractivity contribution >= 4 is 16.8 Å². The number of benzene rings is 1. The lowest BCUT2D eigenvalue weighted by Gasteiger charge is -2.12. The van der Waals surface area contributed by atoms with E-state index in [-0.39, 0.29) is 0 Å². The van der Waals surface area contributed by atoms with Crippen molar-refractivity contribution in [1.82, 2.24) is 0 Å². The molecule has 0 aliphatic carbocycles. The molecule has 82 valence electrons. The van der Waals surface area contributed by atoms with Gasteiger partial charge in [0.15, 0.2) is 5.25 Å². The van der Waals surface area contributed by atoms with E-state index >= 15 is 0 Å². The number of carbonyl (C=O) groups excluding carboxylic acids is 1. The first-order valence-corrected chi connectivity index (χ1v) is 6.32. The number of hydrogen-bond acceptors (Lipinski definition) is 3. The minimum atomic E-state index is -1.26. The van der Waals surface area contributed by atoms with E-state index in [1.54, 1.807) is 19.1 Å². The van der Waals surface area contributed by atoms with Gasteiger partial charge in [0.25, 0.3) is 0 Å². The van der Waals surface area contributed by atoms with Gasteiger partial charge in [0.05, 0.1) is 6.61 Å². The fourth-order valence-corrected chi connectivity index (χ4v) is 2.19. The molecule has 0 N–H and O–H groups in total. The maximum atomic E-state index is 11.6. The molecule has 0 aliphatic heterocycles. The fourth-order valence-electron chi connectivity index (χ4n) is 1.31. The summed E-state index contributed by atoms with van der Waals surface area (Å²) in [4.78, 5) is 11.6. The Hall–Kier alpha value is -1.16. The van der Waals surface area contributed by atoms with Crippen LogP contribution in [-0.4, -0.2) is 23.0 Å². The van der Waals surface area contributed by atoms with Gasteiger partial charge in [-0.15, -0.1) is 0 Å². The number of ether oxygens (including phenoxy) is 1. The van der Waals surface area contributed by atoms with Gasteiger partial charge >= 0.3 is 5.97 Å². The van der Waals surface area contributed by atoms with Crippen LogP contribution in [0.1, 0.15) is 17.7 Å². The molecule has 1 aromatic rings. The summed E-state index contributed by atoms with van der Waals surface area (Å²) >= 11 is 0. The molecule has 0 heterocycles. The molecular weight excluding hydrogens is 212 g/mol. The summed E-state index contributed by atoms with van der Waals surface area (Å²) in [5.74, 6) is -0.426. The standard InChI is InChI=1S/C11H14O3S/c1-3-14-11(12)10(15(2)13)9-7-5-4-6-8-9/h4-8,10H,3H2,1-2H3/t10-,15+/m1/s1. The molecule has 0 radical (unpaired) electrons. The van der Waals surface area contributed by atoms with Crippen LogP contribution in [0.2, 0.25) is 0 Å². The van der Waals surface area contributed by atoms with Crippen molar-refractivity contribution in [3.05, 3.63) is 35.9 Å². The highest BCUT2D eigenvalue weighted by Crippen LogP contribution is 2.20. The van der Waals surface area contributed by atoms with Gasteiger partial charge in [0.2, 0.25) is 0 Å². The second-order valence-corrected chi connectivity index (χ2v) is 4.51. The lowest BCUT2D eigenvalue weighted by Crippen LogP contribution is -2.19. The summed E-state index contributed by atoms with van der Waals surface area (Å²) in [5.41, 5.74) is 0.733. The zero-order valence-electron chi connectivity index (χ0n) is 8.80. The van der Waals surface area contributed by atoms with Gasteiger partial charge in [-0.25, -0.2) is 0 Å². The van der Waals surface area contributed by atoms with Gasteiger partial charge in [0, 0.05) is 17.1 Å². The fraction of sp³-hybridized carbons (Fsp3) is 0.364. The smallest absolute Gasteiger partial charge is 0.326 e. The minimum Gasteiger partial charge on any atom is -0.465 e. The molecule has 0 fully saturated rings. The molecule has 0 spiro atoms. The summed E-state index contributed by atoms with van der Waals surface area (Å²) in [7, 11) is -1.26. The lowest BCUT2D eigenvalue weighted by atomic mass is 10.1. The molecule has 0 unspecified atom stereocenters. The van der Waals surface area contributed by atoms with E-state index in [9.17, 15) is 9.00 Å². The first-order valence-electron chi connectivity index (χ1n) is 4.70. The van der Waals surface area contributed by atoms with E-state index in [0.29, 0.717) is 6.61 Å². The summed E-state index contributed by atoms with van der Waals surface area (Å²) in [6.07, 6.45) is 1.51. The molecule has 1 rings (SSSR count). The molecule has 15 heavy (non-hydrogen) atoms. The van der Waals surface area contributed by atoms with Crippen LogP contribution in [-0.2, 0) is 20.3 Å². The maximum Gasteiger partial charge on any atom is 0.326 e. The topological polar surface area (TPSA) is 43.4 Å². The summed E-state index contributed by atoms with van der Waals surface area (Å²) < 4.78 is 16.4. The van der Waals surface area contributed by atoms with Gasteiger partial charge in [-0.1, -0.05) is 30.3 Å². The second-order valence-electron chi connectivity index (χ2n) is 3.04. The van der Waals surface area contributed by atoms with E-state index in [1.807, 2.05) is 18.2 Å². The van der Waals surface area contributed by atoms with Crippen LogP contribution in [0.15, 0.2) is 30.3 Å². The van der Waals surface area contributed by atoms with Gasteiger partial charge in [-0.2, -0.15) is 0 Å². The average Bonchev–Trinajstić information content (AvgIpc) is 2.19. The van der Waals surface area contributed by atoms with Gasteiger partial charge < -0.3 is 4.74 Å². The van der Waals surface area contributed by atoms with Crippen molar-refractivity contribution in [2.45, 2.75) is 12.2 Å². The highest BCUT2D eigenvalue weighted by atomic mass is 32.2. The van der Waals surface area contributed by atoms with Crippen molar-refractivity contribution < 1.29 is 13.7 Å². The maximum absolute atomic E-state index is 11.6. The van der Waals surface area contributed by atoms with Crippen molar-refractivity contribution in [1.29, 1.82) is 0 Å². The quantitative estimate of drug-likeness (QED) is 0.733. The van der Waals surface area contributed by atoms with E-state index in [2.05, 4.69) is 0 Å². The summed E-state index contributed by atoms with van der Waals surface area (Å²) in [5, 5.41) is -0.675. The van der Waals surface area contributed by atoms with Crippen LogP contribution in [0.3, 0.4) is 0 Å². The third-order valence-electron chi connectivity index (χ3n) is 1.93. The van der Waals surface area contributed by atoms with Crippen LogP contribution in [0.5, 0.6) is 0 Å². The third kappa shape index (κ3) is 3.16. The second kappa shape index (κ2) is 5.66. The normalized spacial score (nSPS) is 14.3. The first-order chi connectivity index (χ1) is 7.16. The largest absolute Gasteiger partial charge is 0.465 e.